The summed E-state index contributed by atoms with van der Waals surface area (Å²) in [7, 11) is 0. The minimum Gasteiger partial charge on any atom is -0.493 e. The van der Waals surface area contributed by atoms with Crippen LogP contribution in [0, 0.1) is 18.3 Å². The van der Waals surface area contributed by atoms with Crippen molar-refractivity contribution in [2.24, 2.45) is 0 Å². The summed E-state index contributed by atoms with van der Waals surface area (Å²) in [6.07, 6.45) is -4.43. The number of aromatic hydroxyl groups is 1. The average molecular weight is 445 g/mol. The summed E-state index contributed by atoms with van der Waals surface area (Å²) in [6, 6.07) is 4.63. The van der Waals surface area contributed by atoms with Crippen LogP contribution in [0.2, 0.25) is 0 Å². The lowest BCUT2D eigenvalue weighted by atomic mass is 10.1. The molecule has 0 spiro atoms. The maximum atomic E-state index is 13.4. The second kappa shape index (κ2) is 6.49. The maximum absolute atomic E-state index is 13.4. The van der Waals surface area contributed by atoms with Gasteiger partial charge >= 0.3 is 11.9 Å². The number of imidazole rings is 1. The number of rotatable bonds is 2. The van der Waals surface area contributed by atoms with Crippen molar-refractivity contribution in [3.05, 3.63) is 63.0 Å². The predicted octanol–water partition coefficient (Wildman–Crippen LogP) is 2.67. The fraction of sp³-hybridized carbons (Fsp3) is 0.300. The van der Waals surface area contributed by atoms with Crippen LogP contribution in [0.1, 0.15) is 51.6 Å². The van der Waals surface area contributed by atoms with E-state index in [1.54, 1.807) is 6.92 Å². The molecule has 1 saturated heterocycles. The van der Waals surface area contributed by atoms with Crippen LogP contribution in [0.25, 0.3) is 5.69 Å². The number of benzene rings is 1. The molecule has 12 heteroatoms. The Morgan fingerprint density at radius 3 is 2.72 bits per heavy atom. The van der Waals surface area contributed by atoms with Crippen LogP contribution in [0.5, 0.6) is 5.88 Å². The Hall–Kier alpha value is -4.01. The van der Waals surface area contributed by atoms with E-state index in [9.17, 15) is 27.9 Å². The largest absolute Gasteiger partial charge is 0.493 e. The number of nitriles is 1. The number of nitrogens with zero attached hydrogens (tertiary/aromatic N) is 5. The highest BCUT2D eigenvalue weighted by Gasteiger charge is 2.49. The highest BCUT2D eigenvalue weighted by Crippen LogP contribution is 2.49. The Bertz CT molecular complexity index is 1380. The molecule has 0 radical (unpaired) electrons. The first-order chi connectivity index (χ1) is 15.1. The molecule has 3 aromatic rings. The van der Waals surface area contributed by atoms with Crippen molar-refractivity contribution >= 4 is 5.91 Å². The van der Waals surface area contributed by atoms with Crippen molar-refractivity contribution in [3.8, 4) is 17.6 Å². The Morgan fingerprint density at radius 1 is 1.34 bits per heavy atom. The van der Waals surface area contributed by atoms with Crippen molar-refractivity contribution < 1.29 is 27.6 Å². The number of aromatic nitrogens is 3. The Kier molecular flexibility index (Phi) is 4.04. The fourth-order valence-corrected chi connectivity index (χ4v) is 4.52. The normalized spacial score (nSPS) is 19.3. The van der Waals surface area contributed by atoms with Crippen LogP contribution < -0.4 is 5.69 Å². The zero-order valence-electron chi connectivity index (χ0n) is 16.4. The van der Waals surface area contributed by atoms with Gasteiger partial charge in [0, 0.05) is 12.6 Å². The predicted molar refractivity (Wildman–Crippen MR) is 100 cm³/mol. The lowest BCUT2D eigenvalue weighted by Gasteiger charge is -2.26. The van der Waals surface area contributed by atoms with E-state index in [-0.39, 0.29) is 23.6 Å². The maximum Gasteiger partial charge on any atom is 0.417 e. The first-order valence-corrected chi connectivity index (χ1v) is 9.54. The third-order valence-electron chi connectivity index (χ3n) is 5.85. The van der Waals surface area contributed by atoms with Gasteiger partial charge < -0.3 is 14.5 Å². The van der Waals surface area contributed by atoms with Crippen molar-refractivity contribution in [2.75, 3.05) is 6.54 Å². The summed E-state index contributed by atoms with van der Waals surface area (Å²) < 4.78 is 47.1. The molecular formula is C20H14F3N5O4. The van der Waals surface area contributed by atoms with Gasteiger partial charge in [-0.15, -0.1) is 0 Å². The number of alkyl halides is 3. The molecule has 9 nitrogen and oxygen atoms in total. The molecule has 5 rings (SSSR count). The number of carbonyl (C=O) groups is 1. The smallest absolute Gasteiger partial charge is 0.417 e. The molecule has 2 aromatic heterocycles. The minimum atomic E-state index is -4.82. The number of halogens is 3. The van der Waals surface area contributed by atoms with E-state index in [4.69, 9.17) is 9.78 Å². The summed E-state index contributed by atoms with van der Waals surface area (Å²) in [5.41, 5.74) is -2.52. The molecule has 2 aliphatic rings. The van der Waals surface area contributed by atoms with Gasteiger partial charge in [-0.25, -0.2) is 9.36 Å². The Labute approximate surface area is 177 Å². The molecule has 1 fully saturated rings. The highest BCUT2D eigenvalue weighted by molar-refractivity contribution is 5.93. The first kappa shape index (κ1) is 19.9. The van der Waals surface area contributed by atoms with Gasteiger partial charge in [0.2, 0.25) is 5.88 Å². The van der Waals surface area contributed by atoms with E-state index in [2.05, 4.69) is 5.16 Å². The van der Waals surface area contributed by atoms with Crippen molar-refractivity contribution in [2.45, 2.75) is 31.6 Å². The number of amides is 1. The lowest BCUT2D eigenvalue weighted by molar-refractivity contribution is -0.137. The molecule has 1 amide bonds. The first-order valence-electron chi connectivity index (χ1n) is 9.54. The van der Waals surface area contributed by atoms with E-state index in [1.807, 2.05) is 0 Å². The van der Waals surface area contributed by atoms with Crippen molar-refractivity contribution in [3.63, 3.8) is 0 Å². The van der Waals surface area contributed by atoms with Gasteiger partial charge in [-0.05, 0) is 31.5 Å². The summed E-state index contributed by atoms with van der Waals surface area (Å²) in [5, 5.41) is 23.5. The number of hydrogen-bond donors (Lipinski definition) is 1. The number of hydrogen-bond acceptors (Lipinski definition) is 6. The lowest BCUT2D eigenvalue weighted by Crippen LogP contribution is -2.38. The zero-order valence-corrected chi connectivity index (χ0v) is 16.4. The standard InChI is InChI=1S/C20H14F3N5O4/c1-9-4-14(25-32-9)17(29)26-8-12-6-15(26)16-18(30)28(19(31)27(12)16)11-3-2-10(7-24)13(5-11)20(21,22)23/h2-5,12,15,30H,6,8H2,1H3/t12-,15?/m1/s1. The van der Waals surface area contributed by atoms with Crippen molar-refractivity contribution in [1.82, 2.24) is 19.2 Å². The molecule has 0 saturated carbocycles. The van der Waals surface area contributed by atoms with Crippen LogP contribution in [0.4, 0.5) is 13.2 Å². The van der Waals surface area contributed by atoms with Gasteiger partial charge in [-0.2, -0.15) is 18.4 Å². The molecule has 2 aliphatic heterocycles. The van der Waals surface area contributed by atoms with Gasteiger partial charge in [-0.1, -0.05) is 5.16 Å². The highest BCUT2D eigenvalue weighted by atomic mass is 19.4. The van der Waals surface area contributed by atoms with Gasteiger partial charge in [0.15, 0.2) is 5.69 Å². The van der Waals surface area contributed by atoms with Crippen LogP contribution in [0.15, 0.2) is 33.6 Å². The number of aryl methyl sites for hydroxylation is 1. The molecule has 0 aliphatic carbocycles. The van der Waals surface area contributed by atoms with E-state index in [0.717, 1.165) is 16.7 Å². The van der Waals surface area contributed by atoms with Gasteiger partial charge in [0.05, 0.1) is 35.0 Å². The van der Waals surface area contributed by atoms with Crippen LogP contribution in [-0.4, -0.2) is 36.7 Å². The van der Waals surface area contributed by atoms with Crippen molar-refractivity contribution in [1.29, 1.82) is 5.26 Å². The minimum absolute atomic E-state index is 0.0878. The van der Waals surface area contributed by atoms with E-state index in [1.165, 1.54) is 21.6 Å². The monoisotopic (exact) mass is 445 g/mol. The number of fused-ring (bicyclic) bond motifs is 5. The average Bonchev–Trinajstić information content (AvgIpc) is 3.50. The summed E-state index contributed by atoms with van der Waals surface area (Å²) in [5.74, 6) is -0.531. The zero-order chi connectivity index (χ0) is 22.9. The van der Waals surface area contributed by atoms with Crippen LogP contribution >= 0.6 is 0 Å². The second-order valence-electron chi connectivity index (χ2n) is 7.72. The third kappa shape index (κ3) is 2.67. The van der Waals surface area contributed by atoms with Crippen LogP contribution in [-0.2, 0) is 6.18 Å². The van der Waals surface area contributed by atoms with Gasteiger partial charge in [-0.3, -0.25) is 9.36 Å². The summed E-state index contributed by atoms with van der Waals surface area (Å²) in [6.45, 7) is 1.82. The number of likely N-dealkylation sites (tertiary alicyclic amines) is 1. The molecule has 1 unspecified atom stereocenters. The van der Waals surface area contributed by atoms with E-state index >= 15 is 0 Å². The topological polar surface area (TPSA) is 117 Å². The summed E-state index contributed by atoms with van der Waals surface area (Å²) >= 11 is 0. The van der Waals surface area contributed by atoms with E-state index in [0.29, 0.717) is 18.2 Å². The fourth-order valence-electron chi connectivity index (χ4n) is 4.52. The molecule has 1 N–H and O–H groups in total. The number of carbonyl (C=O) groups excluding carboxylic acids is 1. The quantitative estimate of drug-likeness (QED) is 0.648. The molecule has 164 valence electrons. The SMILES string of the molecule is Cc1cc(C(=O)N2C[C@H]3CC2c2c(O)n(-c4ccc(C#N)c(C(F)(F)F)c4)c(=O)n23)no1. The third-order valence-corrected chi connectivity index (χ3v) is 5.85. The molecule has 32 heavy (non-hydrogen) atoms. The van der Waals surface area contributed by atoms with E-state index < -0.39 is 46.9 Å². The molecular weight excluding hydrogens is 431 g/mol. The second-order valence-corrected chi connectivity index (χ2v) is 7.72. The van der Waals surface area contributed by atoms with Gasteiger partial charge in [0.1, 0.15) is 11.5 Å². The molecule has 4 heterocycles. The Balaban J connectivity index is 1.59. The Morgan fingerprint density at radius 2 is 2.09 bits per heavy atom. The molecule has 2 bridgehead atoms. The van der Waals surface area contributed by atoms with Gasteiger partial charge in [0.25, 0.3) is 5.91 Å². The molecule has 1 aromatic carbocycles. The van der Waals surface area contributed by atoms with Crippen LogP contribution in [0.3, 0.4) is 0 Å². The summed E-state index contributed by atoms with van der Waals surface area (Å²) in [4.78, 5) is 27.3. The molecule has 2 atom stereocenters.